The number of rotatable bonds is 3. The van der Waals surface area contributed by atoms with Crippen LogP contribution in [0.2, 0.25) is 0 Å². The Balaban J connectivity index is 2.81. The summed E-state index contributed by atoms with van der Waals surface area (Å²) in [7, 11) is 0. The number of aromatic nitrogens is 1. The number of nitrogens with two attached hydrogens (primary N) is 1. The zero-order valence-electron chi connectivity index (χ0n) is 8.55. The first-order chi connectivity index (χ1) is 7.22. The van der Waals surface area contributed by atoms with Crippen molar-refractivity contribution >= 4 is 16.8 Å². The summed E-state index contributed by atoms with van der Waals surface area (Å²) < 4.78 is 0. The van der Waals surface area contributed by atoms with Crippen LogP contribution in [0.5, 0.6) is 0 Å². The fraction of sp³-hybridized carbons (Fsp3) is 0.0909. The van der Waals surface area contributed by atoms with Gasteiger partial charge in [-0.15, -0.1) is 0 Å². The van der Waals surface area contributed by atoms with Crippen molar-refractivity contribution in [3.63, 3.8) is 0 Å². The molecule has 0 saturated heterocycles. The van der Waals surface area contributed by atoms with Crippen molar-refractivity contribution in [1.29, 1.82) is 0 Å². The van der Waals surface area contributed by atoms with Crippen molar-refractivity contribution in [2.45, 2.75) is 11.8 Å². The van der Waals surface area contributed by atoms with Gasteiger partial charge in [0.15, 0.2) is 0 Å². The quantitative estimate of drug-likeness (QED) is 0.483. The summed E-state index contributed by atoms with van der Waals surface area (Å²) in [5.74, 6) is 0. The third kappa shape index (κ3) is 4.46. The van der Waals surface area contributed by atoms with Gasteiger partial charge >= 0.3 is 0 Å². The normalized spacial score (nSPS) is 12.6. The molecule has 0 atom stereocenters. The van der Waals surface area contributed by atoms with Crippen LogP contribution >= 0.6 is 11.8 Å². The molecular weight excluding hydrogens is 206 g/mol. The minimum atomic E-state index is 0.720. The van der Waals surface area contributed by atoms with Crippen molar-refractivity contribution in [3.05, 3.63) is 49.1 Å². The number of aliphatic imine (C=N–C) groups is 1. The SMILES string of the molecule is C=CN=C(/C=C(/C)N)Sc1ccncc1. The van der Waals surface area contributed by atoms with Crippen molar-refractivity contribution < 1.29 is 0 Å². The van der Waals surface area contributed by atoms with E-state index < -0.39 is 0 Å². The van der Waals surface area contributed by atoms with Crippen molar-refractivity contribution in [3.8, 4) is 0 Å². The third-order valence-electron chi connectivity index (χ3n) is 1.44. The Morgan fingerprint density at radius 2 is 2.20 bits per heavy atom. The highest BCUT2D eigenvalue weighted by Gasteiger charge is 1.98. The molecule has 78 valence electrons. The van der Waals surface area contributed by atoms with Gasteiger partial charge in [-0.3, -0.25) is 9.98 Å². The molecule has 1 aromatic heterocycles. The zero-order valence-corrected chi connectivity index (χ0v) is 9.37. The van der Waals surface area contributed by atoms with Gasteiger partial charge in [-0.05, 0) is 25.1 Å². The predicted octanol–water partition coefficient (Wildman–Crippen LogP) is 2.58. The van der Waals surface area contributed by atoms with Gasteiger partial charge in [-0.1, -0.05) is 18.3 Å². The number of thioether (sulfide) groups is 1. The smallest absolute Gasteiger partial charge is 0.102 e. The summed E-state index contributed by atoms with van der Waals surface area (Å²) in [4.78, 5) is 9.14. The van der Waals surface area contributed by atoms with E-state index in [1.54, 1.807) is 12.4 Å². The first-order valence-corrected chi connectivity index (χ1v) is 5.24. The highest BCUT2D eigenvalue weighted by molar-refractivity contribution is 8.14. The zero-order chi connectivity index (χ0) is 11.1. The van der Waals surface area contributed by atoms with E-state index in [2.05, 4.69) is 16.6 Å². The summed E-state index contributed by atoms with van der Waals surface area (Å²) in [6.07, 6.45) is 6.80. The first kappa shape index (κ1) is 11.5. The summed E-state index contributed by atoms with van der Waals surface area (Å²) in [6, 6.07) is 3.84. The van der Waals surface area contributed by atoms with Crippen LogP contribution in [0.4, 0.5) is 0 Å². The van der Waals surface area contributed by atoms with Crippen LogP contribution < -0.4 is 5.73 Å². The van der Waals surface area contributed by atoms with E-state index in [4.69, 9.17) is 5.73 Å². The van der Waals surface area contributed by atoms with E-state index in [-0.39, 0.29) is 0 Å². The van der Waals surface area contributed by atoms with Gasteiger partial charge in [-0.25, -0.2) is 0 Å². The molecule has 0 saturated carbocycles. The highest BCUT2D eigenvalue weighted by atomic mass is 32.2. The van der Waals surface area contributed by atoms with Gasteiger partial charge in [0, 0.05) is 29.2 Å². The van der Waals surface area contributed by atoms with Crippen LogP contribution in [-0.4, -0.2) is 10.0 Å². The van der Waals surface area contributed by atoms with E-state index in [9.17, 15) is 0 Å². The largest absolute Gasteiger partial charge is 0.402 e. The second-order valence-electron chi connectivity index (χ2n) is 2.82. The Morgan fingerprint density at radius 1 is 1.53 bits per heavy atom. The summed E-state index contributed by atoms with van der Waals surface area (Å²) in [5, 5.41) is 0.816. The minimum Gasteiger partial charge on any atom is -0.402 e. The van der Waals surface area contributed by atoms with Gasteiger partial charge < -0.3 is 5.73 Å². The Bertz CT molecular complexity index is 378. The van der Waals surface area contributed by atoms with E-state index >= 15 is 0 Å². The summed E-state index contributed by atoms with van der Waals surface area (Å²) >= 11 is 1.52. The number of allylic oxidation sites excluding steroid dienone is 1. The molecule has 0 bridgehead atoms. The van der Waals surface area contributed by atoms with Crippen LogP contribution in [0.15, 0.2) is 59.0 Å². The lowest BCUT2D eigenvalue weighted by Gasteiger charge is -2.00. The minimum absolute atomic E-state index is 0.720. The van der Waals surface area contributed by atoms with E-state index in [1.807, 2.05) is 25.1 Å². The molecule has 3 nitrogen and oxygen atoms in total. The molecule has 0 aliphatic heterocycles. The second-order valence-corrected chi connectivity index (χ2v) is 3.92. The van der Waals surface area contributed by atoms with Gasteiger partial charge in [-0.2, -0.15) is 0 Å². The molecule has 2 N–H and O–H groups in total. The predicted molar refractivity (Wildman–Crippen MR) is 65.7 cm³/mol. The fourth-order valence-corrected chi connectivity index (χ4v) is 1.78. The topological polar surface area (TPSA) is 51.3 Å². The Morgan fingerprint density at radius 3 is 2.73 bits per heavy atom. The van der Waals surface area contributed by atoms with Crippen LogP contribution in [0, 0.1) is 0 Å². The van der Waals surface area contributed by atoms with Crippen LogP contribution in [0.1, 0.15) is 6.92 Å². The molecule has 0 aliphatic carbocycles. The van der Waals surface area contributed by atoms with Crippen LogP contribution in [0.3, 0.4) is 0 Å². The molecule has 0 unspecified atom stereocenters. The van der Waals surface area contributed by atoms with E-state index in [1.165, 1.54) is 18.0 Å². The molecule has 0 aromatic carbocycles. The standard InChI is InChI=1S/C11H13N3S/c1-3-14-11(8-9(2)12)15-10-4-6-13-7-5-10/h3-8H,1,12H2,2H3/b9-8-,14-11?. The Hall–Kier alpha value is -1.55. The van der Waals surface area contributed by atoms with E-state index in [0.717, 1.165) is 15.6 Å². The number of hydrogen-bond acceptors (Lipinski definition) is 4. The van der Waals surface area contributed by atoms with Crippen LogP contribution in [0.25, 0.3) is 0 Å². The summed E-state index contributed by atoms with van der Waals surface area (Å²) in [5.41, 5.74) is 6.32. The molecule has 1 rings (SSSR count). The lowest BCUT2D eigenvalue weighted by atomic mass is 10.5. The molecule has 0 radical (unpaired) electrons. The molecule has 0 spiro atoms. The number of pyridine rings is 1. The Kier molecular flexibility index (Phi) is 4.63. The molecule has 0 fully saturated rings. The average molecular weight is 219 g/mol. The molecule has 4 heteroatoms. The maximum atomic E-state index is 5.60. The van der Waals surface area contributed by atoms with Gasteiger partial charge in [0.25, 0.3) is 0 Å². The molecular formula is C11H13N3S. The van der Waals surface area contributed by atoms with Gasteiger partial charge in [0.2, 0.25) is 0 Å². The van der Waals surface area contributed by atoms with Crippen LogP contribution in [-0.2, 0) is 0 Å². The highest BCUT2D eigenvalue weighted by Crippen LogP contribution is 2.19. The average Bonchev–Trinajstić information content (AvgIpc) is 2.18. The Labute approximate surface area is 93.8 Å². The lowest BCUT2D eigenvalue weighted by Crippen LogP contribution is -1.95. The molecule has 1 heterocycles. The second kappa shape index (κ2) is 6.03. The monoisotopic (exact) mass is 219 g/mol. The lowest BCUT2D eigenvalue weighted by molar-refractivity contribution is 1.27. The number of hydrogen-bond donors (Lipinski definition) is 1. The molecule has 15 heavy (non-hydrogen) atoms. The molecule has 0 amide bonds. The van der Waals surface area contributed by atoms with Crippen molar-refractivity contribution in [1.82, 2.24) is 4.98 Å². The van der Waals surface area contributed by atoms with E-state index in [0.29, 0.717) is 0 Å². The maximum absolute atomic E-state index is 5.60. The third-order valence-corrected chi connectivity index (χ3v) is 2.38. The summed E-state index contributed by atoms with van der Waals surface area (Å²) in [6.45, 7) is 5.39. The van der Waals surface area contributed by atoms with Gasteiger partial charge in [0.05, 0.1) is 0 Å². The van der Waals surface area contributed by atoms with Crippen molar-refractivity contribution in [2.75, 3.05) is 0 Å². The molecule has 0 aliphatic rings. The van der Waals surface area contributed by atoms with Crippen molar-refractivity contribution in [2.24, 2.45) is 10.7 Å². The number of nitrogens with zero attached hydrogens (tertiary/aromatic N) is 2. The molecule has 1 aromatic rings. The first-order valence-electron chi connectivity index (χ1n) is 4.42. The van der Waals surface area contributed by atoms with Gasteiger partial charge in [0.1, 0.15) is 5.04 Å². The maximum Gasteiger partial charge on any atom is 0.102 e. The fourth-order valence-electron chi connectivity index (χ4n) is 0.905.